The molecule has 2 rings (SSSR count). The summed E-state index contributed by atoms with van der Waals surface area (Å²) in [7, 11) is 4.00. The normalized spacial score (nSPS) is 10.6. The van der Waals surface area contributed by atoms with Crippen LogP contribution in [0.5, 0.6) is 5.75 Å². The molecule has 154 valence electrons. The molecule has 8 nitrogen and oxygen atoms in total. The number of carbonyl (C=O) groups excluding carboxylic acids is 3. The number of nitrogens with one attached hydrogen (secondary N) is 1. The van der Waals surface area contributed by atoms with Gasteiger partial charge in [0, 0.05) is 13.2 Å². The molecule has 0 aliphatic heterocycles. The number of hydrogen-bond acceptors (Lipinski definition) is 8. The minimum absolute atomic E-state index is 0.124. The van der Waals surface area contributed by atoms with Crippen molar-refractivity contribution >= 4 is 40.3 Å². The Labute approximate surface area is 172 Å². The van der Waals surface area contributed by atoms with Gasteiger partial charge < -0.3 is 24.3 Å². The summed E-state index contributed by atoms with van der Waals surface area (Å²) >= 11 is 0.952. The lowest BCUT2D eigenvalue weighted by Crippen LogP contribution is -2.11. The minimum Gasteiger partial charge on any atom is -0.468 e. The molecule has 0 saturated heterocycles. The Hall–Kier alpha value is -3.17. The Morgan fingerprint density at radius 2 is 1.69 bits per heavy atom. The smallest absolute Gasteiger partial charge is 0.348 e. The summed E-state index contributed by atoms with van der Waals surface area (Å²) in [6.07, 6.45) is 2.92. The highest BCUT2D eigenvalue weighted by atomic mass is 32.1. The zero-order valence-electron chi connectivity index (χ0n) is 16.4. The van der Waals surface area contributed by atoms with Crippen LogP contribution in [-0.4, -0.2) is 46.0 Å². The van der Waals surface area contributed by atoms with Crippen molar-refractivity contribution in [2.24, 2.45) is 0 Å². The van der Waals surface area contributed by atoms with Gasteiger partial charge in [-0.25, -0.2) is 9.59 Å². The van der Waals surface area contributed by atoms with E-state index in [1.165, 1.54) is 27.4 Å². The SMILES string of the molecule is COCOc1ccc(/C=C/C(=O)Nc2sc(C(=O)OC)c(C)c2C(=O)OC)cc1. The third-order valence-corrected chi connectivity index (χ3v) is 4.98. The second kappa shape index (κ2) is 10.4. The number of rotatable bonds is 8. The van der Waals surface area contributed by atoms with Gasteiger partial charge in [-0.2, -0.15) is 0 Å². The van der Waals surface area contributed by atoms with Crippen LogP contribution in [0.1, 0.15) is 31.2 Å². The molecule has 1 heterocycles. The first kappa shape index (κ1) is 22.1. The summed E-state index contributed by atoms with van der Waals surface area (Å²) in [6, 6.07) is 7.05. The molecule has 1 N–H and O–H groups in total. The third-order valence-electron chi connectivity index (χ3n) is 3.79. The molecule has 0 aliphatic carbocycles. The summed E-state index contributed by atoms with van der Waals surface area (Å²) < 4.78 is 19.6. The summed E-state index contributed by atoms with van der Waals surface area (Å²) in [4.78, 5) is 36.5. The van der Waals surface area contributed by atoms with E-state index in [-0.39, 0.29) is 22.2 Å². The van der Waals surface area contributed by atoms with Gasteiger partial charge in [0.2, 0.25) is 5.91 Å². The van der Waals surface area contributed by atoms with E-state index in [2.05, 4.69) is 5.32 Å². The molecule has 0 unspecified atom stereocenters. The molecule has 0 fully saturated rings. The second-order valence-corrected chi connectivity index (χ2v) is 6.71. The quantitative estimate of drug-likeness (QED) is 0.398. The van der Waals surface area contributed by atoms with E-state index in [0.717, 1.165) is 16.9 Å². The van der Waals surface area contributed by atoms with E-state index < -0.39 is 17.8 Å². The van der Waals surface area contributed by atoms with Crippen molar-refractivity contribution in [3.63, 3.8) is 0 Å². The van der Waals surface area contributed by atoms with Crippen LogP contribution in [-0.2, 0) is 19.0 Å². The molecule has 1 aromatic carbocycles. The first-order valence-electron chi connectivity index (χ1n) is 8.42. The number of methoxy groups -OCH3 is 3. The maximum Gasteiger partial charge on any atom is 0.348 e. The number of thiophene rings is 1. The van der Waals surface area contributed by atoms with Gasteiger partial charge >= 0.3 is 11.9 Å². The summed E-state index contributed by atoms with van der Waals surface area (Å²) in [5.74, 6) is -1.07. The molecule has 9 heteroatoms. The van der Waals surface area contributed by atoms with Crippen LogP contribution >= 0.6 is 11.3 Å². The van der Waals surface area contributed by atoms with E-state index in [4.69, 9.17) is 18.9 Å². The molecule has 0 radical (unpaired) electrons. The predicted molar refractivity (Wildman–Crippen MR) is 108 cm³/mol. The largest absolute Gasteiger partial charge is 0.468 e. The highest BCUT2D eigenvalue weighted by molar-refractivity contribution is 7.18. The van der Waals surface area contributed by atoms with Crippen LogP contribution in [0.2, 0.25) is 0 Å². The van der Waals surface area contributed by atoms with E-state index in [0.29, 0.717) is 11.3 Å². The lowest BCUT2D eigenvalue weighted by Gasteiger charge is -2.05. The summed E-state index contributed by atoms with van der Waals surface area (Å²) in [6.45, 7) is 1.74. The Morgan fingerprint density at radius 1 is 1.03 bits per heavy atom. The molecule has 29 heavy (non-hydrogen) atoms. The van der Waals surface area contributed by atoms with Gasteiger partial charge in [0.05, 0.1) is 19.8 Å². The van der Waals surface area contributed by atoms with E-state index in [9.17, 15) is 14.4 Å². The maximum absolute atomic E-state index is 12.3. The standard InChI is InChI=1S/C20H21NO7S/c1-12-16(19(23)26-3)18(29-17(12)20(24)27-4)21-15(22)10-7-13-5-8-14(9-6-13)28-11-25-2/h5-10H,11H2,1-4H3,(H,21,22)/b10-7+. The lowest BCUT2D eigenvalue weighted by molar-refractivity contribution is -0.111. The van der Waals surface area contributed by atoms with Gasteiger partial charge in [0.1, 0.15) is 15.6 Å². The van der Waals surface area contributed by atoms with Crippen molar-refractivity contribution in [2.45, 2.75) is 6.92 Å². The average Bonchev–Trinajstić information content (AvgIpc) is 3.05. The summed E-state index contributed by atoms with van der Waals surface area (Å²) in [5.41, 5.74) is 1.29. The number of benzene rings is 1. The molecule has 0 spiro atoms. The van der Waals surface area contributed by atoms with Crippen LogP contribution < -0.4 is 10.1 Å². The van der Waals surface area contributed by atoms with Crippen LogP contribution in [0.15, 0.2) is 30.3 Å². The first-order valence-corrected chi connectivity index (χ1v) is 9.23. The number of carbonyl (C=O) groups is 3. The Bertz CT molecular complexity index is 916. The van der Waals surface area contributed by atoms with Crippen molar-refractivity contribution in [2.75, 3.05) is 33.4 Å². The van der Waals surface area contributed by atoms with E-state index >= 15 is 0 Å². The fourth-order valence-electron chi connectivity index (χ4n) is 2.36. The van der Waals surface area contributed by atoms with Crippen molar-refractivity contribution in [1.82, 2.24) is 0 Å². The second-order valence-electron chi connectivity index (χ2n) is 5.69. The molecule has 0 atom stereocenters. The van der Waals surface area contributed by atoms with Gasteiger partial charge in [-0.05, 0) is 36.3 Å². The molecule has 1 amide bonds. The minimum atomic E-state index is -0.653. The van der Waals surface area contributed by atoms with Gasteiger partial charge in [0.15, 0.2) is 6.79 Å². The highest BCUT2D eigenvalue weighted by Gasteiger charge is 2.26. The molecular formula is C20H21NO7S. The zero-order valence-corrected chi connectivity index (χ0v) is 17.3. The number of anilines is 1. The maximum atomic E-state index is 12.3. The fourth-order valence-corrected chi connectivity index (χ4v) is 3.48. The number of ether oxygens (including phenoxy) is 4. The fraction of sp³-hybridized carbons (Fsp3) is 0.250. The number of hydrogen-bond donors (Lipinski definition) is 1. The molecule has 1 aromatic heterocycles. The van der Waals surface area contributed by atoms with Gasteiger partial charge in [-0.1, -0.05) is 12.1 Å². The predicted octanol–water partition coefficient (Wildman–Crippen LogP) is 3.26. The van der Waals surface area contributed by atoms with Crippen LogP contribution in [0.4, 0.5) is 5.00 Å². The zero-order chi connectivity index (χ0) is 21.4. The lowest BCUT2D eigenvalue weighted by atomic mass is 10.1. The van der Waals surface area contributed by atoms with Crippen molar-refractivity contribution in [1.29, 1.82) is 0 Å². The van der Waals surface area contributed by atoms with Crippen molar-refractivity contribution in [3.05, 3.63) is 51.9 Å². The van der Waals surface area contributed by atoms with E-state index in [1.807, 2.05) is 0 Å². The Morgan fingerprint density at radius 3 is 2.28 bits per heavy atom. The van der Waals surface area contributed by atoms with Gasteiger partial charge in [-0.15, -0.1) is 11.3 Å². The highest BCUT2D eigenvalue weighted by Crippen LogP contribution is 2.34. The molecule has 0 saturated carbocycles. The first-order chi connectivity index (χ1) is 13.9. The van der Waals surface area contributed by atoms with Crippen molar-refractivity contribution in [3.8, 4) is 5.75 Å². The Balaban J connectivity index is 2.16. The van der Waals surface area contributed by atoms with Gasteiger partial charge in [0.25, 0.3) is 0 Å². The van der Waals surface area contributed by atoms with E-state index in [1.54, 1.807) is 37.3 Å². The number of esters is 2. The third kappa shape index (κ3) is 5.66. The van der Waals surface area contributed by atoms with Crippen molar-refractivity contribution < 1.29 is 33.3 Å². The number of amides is 1. The molecule has 2 aromatic rings. The average molecular weight is 419 g/mol. The topological polar surface area (TPSA) is 100 Å². The van der Waals surface area contributed by atoms with Crippen LogP contribution in [0.25, 0.3) is 6.08 Å². The van der Waals surface area contributed by atoms with Crippen LogP contribution in [0, 0.1) is 6.92 Å². The van der Waals surface area contributed by atoms with Crippen LogP contribution in [0.3, 0.4) is 0 Å². The summed E-state index contributed by atoms with van der Waals surface area (Å²) in [5, 5.41) is 2.83. The molecule has 0 bridgehead atoms. The van der Waals surface area contributed by atoms with Gasteiger partial charge in [-0.3, -0.25) is 4.79 Å². The monoisotopic (exact) mass is 419 g/mol. The molecule has 0 aliphatic rings. The Kier molecular flexibility index (Phi) is 7.93. The molecular weight excluding hydrogens is 398 g/mol.